The highest BCUT2D eigenvalue weighted by atomic mass is 35.5. The number of hydrogen-bond acceptors (Lipinski definition) is 3. The number of benzene rings is 2. The molecule has 0 aliphatic rings. The van der Waals surface area contributed by atoms with Crippen molar-refractivity contribution >= 4 is 40.7 Å². The maximum absolute atomic E-state index is 11.8. The number of carbonyl (C=O) groups is 2. The van der Waals surface area contributed by atoms with Crippen LogP contribution in [0.3, 0.4) is 0 Å². The van der Waals surface area contributed by atoms with Crippen LogP contribution in [0.15, 0.2) is 42.5 Å². The van der Waals surface area contributed by atoms with E-state index in [1.807, 2.05) is 0 Å². The van der Waals surface area contributed by atoms with Crippen molar-refractivity contribution in [1.29, 1.82) is 0 Å². The molecule has 0 radical (unpaired) electrons. The first-order chi connectivity index (χ1) is 10.5. The predicted molar refractivity (Wildman–Crippen MR) is 85.5 cm³/mol. The standard InChI is InChI=1S/C15H12Cl2N2O3/c16-10-3-6-13(12(17)7-10)22-8-14(20)19-11-4-1-9(2-5-11)15(18)21/h1-7H,8H2,(H2,18,21)(H,19,20). The first kappa shape index (κ1) is 16.1. The molecule has 0 bridgehead atoms. The minimum Gasteiger partial charge on any atom is -0.482 e. The second-order valence-electron chi connectivity index (χ2n) is 4.35. The molecule has 0 unspecified atom stereocenters. The maximum Gasteiger partial charge on any atom is 0.262 e. The first-order valence-electron chi connectivity index (χ1n) is 6.23. The lowest BCUT2D eigenvalue weighted by Crippen LogP contribution is -2.20. The van der Waals surface area contributed by atoms with Crippen molar-refractivity contribution in [2.45, 2.75) is 0 Å². The fraction of sp³-hybridized carbons (Fsp3) is 0.0667. The zero-order valence-corrected chi connectivity index (χ0v) is 12.8. The smallest absolute Gasteiger partial charge is 0.262 e. The van der Waals surface area contributed by atoms with Crippen LogP contribution in [0.25, 0.3) is 0 Å². The van der Waals surface area contributed by atoms with Gasteiger partial charge in [0.2, 0.25) is 5.91 Å². The number of anilines is 1. The highest BCUT2D eigenvalue weighted by Gasteiger charge is 2.07. The Morgan fingerprint density at radius 1 is 1.09 bits per heavy atom. The van der Waals surface area contributed by atoms with E-state index in [1.54, 1.807) is 24.3 Å². The minimum absolute atomic E-state index is 0.209. The van der Waals surface area contributed by atoms with Crippen molar-refractivity contribution < 1.29 is 14.3 Å². The van der Waals surface area contributed by atoms with Gasteiger partial charge in [0, 0.05) is 16.3 Å². The number of primary amides is 1. The monoisotopic (exact) mass is 338 g/mol. The van der Waals surface area contributed by atoms with Crippen LogP contribution in [0.4, 0.5) is 5.69 Å². The third-order valence-electron chi connectivity index (χ3n) is 2.71. The van der Waals surface area contributed by atoms with Gasteiger partial charge in [0.25, 0.3) is 5.91 Å². The lowest BCUT2D eigenvalue weighted by molar-refractivity contribution is -0.118. The Kier molecular flexibility index (Phi) is 5.25. The molecule has 22 heavy (non-hydrogen) atoms. The summed E-state index contributed by atoms with van der Waals surface area (Å²) in [7, 11) is 0. The molecule has 0 heterocycles. The fourth-order valence-electron chi connectivity index (χ4n) is 1.65. The Labute approximate surface area is 137 Å². The van der Waals surface area contributed by atoms with E-state index in [0.29, 0.717) is 27.0 Å². The van der Waals surface area contributed by atoms with Crippen molar-refractivity contribution in [2.75, 3.05) is 11.9 Å². The molecule has 2 aromatic rings. The molecule has 2 rings (SSSR count). The van der Waals surface area contributed by atoms with Crippen LogP contribution in [-0.4, -0.2) is 18.4 Å². The van der Waals surface area contributed by atoms with Gasteiger partial charge in [-0.3, -0.25) is 9.59 Å². The van der Waals surface area contributed by atoms with E-state index in [4.69, 9.17) is 33.7 Å². The van der Waals surface area contributed by atoms with Crippen LogP contribution in [0.2, 0.25) is 10.0 Å². The molecule has 114 valence electrons. The summed E-state index contributed by atoms with van der Waals surface area (Å²) in [6.07, 6.45) is 0. The van der Waals surface area contributed by atoms with Crippen molar-refractivity contribution in [3.8, 4) is 5.75 Å². The number of nitrogens with one attached hydrogen (secondary N) is 1. The van der Waals surface area contributed by atoms with E-state index < -0.39 is 5.91 Å². The Balaban J connectivity index is 1.91. The fourth-order valence-corrected chi connectivity index (χ4v) is 2.11. The Bertz CT molecular complexity index is 702. The zero-order chi connectivity index (χ0) is 16.1. The average Bonchev–Trinajstić information content (AvgIpc) is 2.47. The highest BCUT2D eigenvalue weighted by molar-refractivity contribution is 6.35. The highest BCUT2D eigenvalue weighted by Crippen LogP contribution is 2.27. The molecule has 0 atom stereocenters. The van der Waals surface area contributed by atoms with Gasteiger partial charge in [-0.05, 0) is 42.5 Å². The van der Waals surface area contributed by atoms with E-state index in [2.05, 4.69) is 5.32 Å². The summed E-state index contributed by atoms with van der Waals surface area (Å²) in [4.78, 5) is 22.7. The third kappa shape index (κ3) is 4.38. The molecule has 0 aliphatic carbocycles. The topological polar surface area (TPSA) is 81.4 Å². The van der Waals surface area contributed by atoms with Crippen LogP contribution in [-0.2, 0) is 4.79 Å². The van der Waals surface area contributed by atoms with Crippen LogP contribution >= 0.6 is 23.2 Å². The van der Waals surface area contributed by atoms with Crippen molar-refractivity contribution in [3.63, 3.8) is 0 Å². The number of ether oxygens (including phenoxy) is 1. The van der Waals surface area contributed by atoms with E-state index in [9.17, 15) is 9.59 Å². The summed E-state index contributed by atoms with van der Waals surface area (Å²) >= 11 is 11.7. The number of rotatable bonds is 5. The molecule has 5 nitrogen and oxygen atoms in total. The molecule has 0 saturated carbocycles. The summed E-state index contributed by atoms with van der Waals surface area (Å²) < 4.78 is 5.31. The minimum atomic E-state index is -0.529. The molecule has 0 saturated heterocycles. The van der Waals surface area contributed by atoms with Gasteiger partial charge in [-0.2, -0.15) is 0 Å². The van der Waals surface area contributed by atoms with Gasteiger partial charge in [-0.25, -0.2) is 0 Å². The predicted octanol–water partition coefficient (Wildman–Crippen LogP) is 3.11. The lowest BCUT2D eigenvalue weighted by Gasteiger charge is -2.09. The second-order valence-corrected chi connectivity index (χ2v) is 5.20. The van der Waals surface area contributed by atoms with E-state index in [1.165, 1.54) is 18.2 Å². The number of halogens is 2. The normalized spacial score (nSPS) is 10.1. The number of hydrogen-bond donors (Lipinski definition) is 2. The summed E-state index contributed by atoms with van der Waals surface area (Å²) in [6, 6.07) is 10.9. The summed E-state index contributed by atoms with van der Waals surface area (Å²) in [5.41, 5.74) is 6.03. The number of nitrogens with two attached hydrogens (primary N) is 1. The maximum atomic E-state index is 11.8. The molecular formula is C15H12Cl2N2O3. The number of amides is 2. The molecule has 2 amide bonds. The van der Waals surface area contributed by atoms with Crippen LogP contribution in [0.5, 0.6) is 5.75 Å². The molecular weight excluding hydrogens is 327 g/mol. The Morgan fingerprint density at radius 2 is 1.77 bits per heavy atom. The molecule has 2 aromatic carbocycles. The van der Waals surface area contributed by atoms with Crippen LogP contribution in [0, 0.1) is 0 Å². The van der Waals surface area contributed by atoms with Gasteiger partial charge in [0.1, 0.15) is 5.75 Å². The van der Waals surface area contributed by atoms with Crippen molar-refractivity contribution in [2.24, 2.45) is 5.73 Å². The molecule has 0 spiro atoms. The zero-order valence-electron chi connectivity index (χ0n) is 11.3. The molecule has 3 N–H and O–H groups in total. The molecule has 0 aromatic heterocycles. The molecule has 0 aliphatic heterocycles. The van der Waals surface area contributed by atoms with Crippen molar-refractivity contribution in [3.05, 3.63) is 58.1 Å². The van der Waals surface area contributed by atoms with Gasteiger partial charge in [-0.15, -0.1) is 0 Å². The van der Waals surface area contributed by atoms with Gasteiger partial charge in [-0.1, -0.05) is 23.2 Å². The van der Waals surface area contributed by atoms with Gasteiger partial charge < -0.3 is 15.8 Å². The number of carbonyl (C=O) groups excluding carboxylic acids is 2. The Morgan fingerprint density at radius 3 is 2.36 bits per heavy atom. The van der Waals surface area contributed by atoms with Gasteiger partial charge >= 0.3 is 0 Å². The average molecular weight is 339 g/mol. The van der Waals surface area contributed by atoms with E-state index in [0.717, 1.165) is 0 Å². The quantitative estimate of drug-likeness (QED) is 0.878. The van der Waals surface area contributed by atoms with Gasteiger partial charge in [0.05, 0.1) is 5.02 Å². The molecule has 0 fully saturated rings. The second kappa shape index (κ2) is 7.15. The third-order valence-corrected chi connectivity index (χ3v) is 3.24. The first-order valence-corrected chi connectivity index (χ1v) is 6.99. The van der Waals surface area contributed by atoms with Crippen LogP contribution in [0.1, 0.15) is 10.4 Å². The summed E-state index contributed by atoms with van der Waals surface area (Å²) in [5.74, 6) is -0.526. The Hall–Kier alpha value is -2.24. The molecule has 7 heteroatoms. The van der Waals surface area contributed by atoms with Crippen LogP contribution < -0.4 is 15.8 Å². The van der Waals surface area contributed by atoms with E-state index in [-0.39, 0.29) is 12.5 Å². The lowest BCUT2D eigenvalue weighted by atomic mass is 10.2. The largest absolute Gasteiger partial charge is 0.482 e. The van der Waals surface area contributed by atoms with Gasteiger partial charge in [0.15, 0.2) is 6.61 Å². The summed E-state index contributed by atoms with van der Waals surface area (Å²) in [6.45, 7) is -0.209. The SMILES string of the molecule is NC(=O)c1ccc(NC(=O)COc2ccc(Cl)cc2Cl)cc1. The van der Waals surface area contributed by atoms with Crippen molar-refractivity contribution in [1.82, 2.24) is 0 Å². The summed E-state index contributed by atoms with van der Waals surface area (Å²) in [5, 5.41) is 3.43. The van der Waals surface area contributed by atoms with E-state index >= 15 is 0 Å².